The lowest BCUT2D eigenvalue weighted by Gasteiger charge is -2.36. The smallest absolute Gasteiger partial charge is 0.320 e. The summed E-state index contributed by atoms with van der Waals surface area (Å²) in [6, 6.07) is 4.04. The van der Waals surface area contributed by atoms with Crippen LogP contribution in [0.5, 0.6) is 6.01 Å². The Bertz CT molecular complexity index is 1340. The van der Waals surface area contributed by atoms with Crippen LogP contribution in [0, 0.1) is 39.9 Å². The van der Waals surface area contributed by atoms with E-state index in [2.05, 4.69) is 50.7 Å². The summed E-state index contributed by atoms with van der Waals surface area (Å²) in [5.41, 5.74) is 7.59. The molecule has 11 nitrogen and oxygen atoms in total. The molecule has 1 aromatic heterocycles. The van der Waals surface area contributed by atoms with Gasteiger partial charge >= 0.3 is 6.01 Å². The lowest BCUT2D eigenvalue weighted by molar-refractivity contribution is -0.127. The molecule has 1 aliphatic carbocycles. The predicted molar refractivity (Wildman–Crippen MR) is 169 cm³/mol. The number of nitrogens with two attached hydrogens (primary N) is 1. The standard InChI is InChI=1S/C32H47N9O2/c1-7-10-26(21(2)12-9-14-36-6)43-31-38-25(19-27(39-31)41-17-15-37-16-18-41)29(35)40-30(42)32(5)13-8-11-22(3)28(32)24(20-33)23(4)34/h19,21,26,36-37H,8-9,11-18,34H2,1-6H3,(H2,35,40,42)/b24-23+/t21-,26-,32-/m0/s1. The van der Waals surface area contributed by atoms with Gasteiger partial charge < -0.3 is 31.3 Å². The summed E-state index contributed by atoms with van der Waals surface area (Å²) in [7, 11) is 1.93. The Morgan fingerprint density at radius 2 is 2.07 bits per heavy atom. The summed E-state index contributed by atoms with van der Waals surface area (Å²) >= 11 is 0. The van der Waals surface area contributed by atoms with Gasteiger partial charge in [-0.15, -0.1) is 5.92 Å². The maximum Gasteiger partial charge on any atom is 0.320 e. The van der Waals surface area contributed by atoms with Gasteiger partial charge in [0.05, 0.1) is 11.0 Å². The molecule has 3 atom stereocenters. The molecule has 0 saturated carbocycles. The molecule has 0 radical (unpaired) electrons. The molecular formula is C32H47N9O2. The van der Waals surface area contributed by atoms with Crippen molar-refractivity contribution < 1.29 is 9.53 Å². The maximum atomic E-state index is 13.9. The van der Waals surface area contributed by atoms with Gasteiger partial charge in [0.2, 0.25) is 5.91 Å². The van der Waals surface area contributed by atoms with Crippen LogP contribution < -0.4 is 31.3 Å². The number of carbonyl (C=O) groups is 1. The van der Waals surface area contributed by atoms with Gasteiger partial charge in [-0.25, -0.2) is 0 Å². The first-order valence-electron chi connectivity index (χ1n) is 15.1. The molecule has 6 N–H and O–H groups in total. The second-order valence-electron chi connectivity index (χ2n) is 11.6. The topological polar surface area (TPSA) is 165 Å². The van der Waals surface area contributed by atoms with Crippen LogP contribution in [0.3, 0.4) is 0 Å². The zero-order valence-corrected chi connectivity index (χ0v) is 26.5. The van der Waals surface area contributed by atoms with Crippen molar-refractivity contribution in [1.29, 1.82) is 10.7 Å². The highest BCUT2D eigenvalue weighted by Crippen LogP contribution is 2.44. The van der Waals surface area contributed by atoms with Crippen molar-refractivity contribution in [3.05, 3.63) is 34.2 Å². The highest BCUT2D eigenvalue weighted by Gasteiger charge is 2.42. The highest BCUT2D eigenvalue weighted by molar-refractivity contribution is 6.08. The van der Waals surface area contributed by atoms with Gasteiger partial charge in [-0.05, 0) is 79.0 Å². The fourth-order valence-electron chi connectivity index (χ4n) is 5.75. The molecule has 3 rings (SSSR count). The average Bonchev–Trinajstić information content (AvgIpc) is 2.99. The van der Waals surface area contributed by atoms with Crippen LogP contribution in [-0.4, -0.2) is 67.6 Å². The van der Waals surface area contributed by atoms with Gasteiger partial charge in [0.25, 0.3) is 0 Å². The first kappa shape index (κ1) is 33.6. The second-order valence-corrected chi connectivity index (χ2v) is 11.6. The second kappa shape index (κ2) is 15.5. The van der Waals surface area contributed by atoms with E-state index in [9.17, 15) is 10.1 Å². The Morgan fingerprint density at radius 1 is 1.35 bits per heavy atom. The molecule has 1 saturated heterocycles. The Balaban J connectivity index is 1.95. The van der Waals surface area contributed by atoms with Crippen LogP contribution in [-0.2, 0) is 4.79 Å². The normalized spacial score (nSPS) is 20.6. The van der Waals surface area contributed by atoms with E-state index in [0.29, 0.717) is 29.1 Å². The average molecular weight is 590 g/mol. The zero-order valence-electron chi connectivity index (χ0n) is 26.5. The number of ether oxygens (including phenoxy) is 1. The molecular weight excluding hydrogens is 542 g/mol. The third-order valence-corrected chi connectivity index (χ3v) is 8.21. The number of amidine groups is 1. The number of anilines is 1. The summed E-state index contributed by atoms with van der Waals surface area (Å²) in [4.78, 5) is 25.3. The van der Waals surface area contributed by atoms with Crippen molar-refractivity contribution in [3.63, 3.8) is 0 Å². The van der Waals surface area contributed by atoms with Crippen molar-refractivity contribution in [2.75, 3.05) is 44.7 Å². The molecule has 232 valence electrons. The number of nitriles is 1. The van der Waals surface area contributed by atoms with E-state index in [4.69, 9.17) is 20.9 Å². The van der Waals surface area contributed by atoms with E-state index in [1.165, 1.54) is 0 Å². The molecule has 2 heterocycles. The summed E-state index contributed by atoms with van der Waals surface area (Å²) < 4.78 is 6.28. The number of piperazine rings is 1. The van der Waals surface area contributed by atoms with Crippen molar-refractivity contribution in [2.45, 2.75) is 72.8 Å². The Labute approximate surface area is 256 Å². The minimum absolute atomic E-state index is 0.118. The van der Waals surface area contributed by atoms with E-state index in [0.717, 1.165) is 64.0 Å². The Morgan fingerprint density at radius 3 is 2.70 bits per heavy atom. The fourth-order valence-corrected chi connectivity index (χ4v) is 5.75. The molecule has 0 unspecified atom stereocenters. The van der Waals surface area contributed by atoms with Gasteiger partial charge in [0, 0.05) is 43.9 Å². The first-order chi connectivity index (χ1) is 20.5. The van der Waals surface area contributed by atoms with Gasteiger partial charge in [-0.1, -0.05) is 18.4 Å². The SMILES string of the molecule is CC#C[C@H](Oc1nc(C(=N)NC(=O)[C@@]2(C)CCCC(C)=C2/C(C#N)=C(\C)N)cc(N2CCNCC2)n1)[C@@H](C)CCCNC. The molecule has 2 aliphatic rings. The van der Waals surface area contributed by atoms with Crippen molar-refractivity contribution >= 4 is 17.6 Å². The number of hydrogen-bond acceptors (Lipinski definition) is 10. The number of hydrogen-bond donors (Lipinski definition) is 5. The van der Waals surface area contributed by atoms with Crippen LogP contribution in [0.1, 0.15) is 72.4 Å². The number of carbonyl (C=O) groups excluding carboxylic acids is 1. The summed E-state index contributed by atoms with van der Waals surface area (Å²) in [5, 5.41) is 28.1. The third kappa shape index (κ3) is 8.34. The van der Waals surface area contributed by atoms with E-state index in [1.54, 1.807) is 19.9 Å². The first-order valence-corrected chi connectivity index (χ1v) is 15.1. The van der Waals surface area contributed by atoms with Crippen LogP contribution in [0.15, 0.2) is 28.5 Å². The number of aromatic nitrogens is 2. The molecule has 11 heteroatoms. The molecule has 1 amide bonds. The molecule has 1 aromatic rings. The van der Waals surface area contributed by atoms with Crippen LogP contribution in [0.25, 0.3) is 0 Å². The number of allylic oxidation sites excluding steroid dienone is 3. The van der Waals surface area contributed by atoms with Gasteiger partial charge in [0.1, 0.15) is 17.6 Å². The lowest BCUT2D eigenvalue weighted by Crippen LogP contribution is -2.46. The minimum atomic E-state index is -1.03. The Hall–Kier alpha value is -3.93. The highest BCUT2D eigenvalue weighted by atomic mass is 16.5. The number of amides is 1. The van der Waals surface area contributed by atoms with Crippen LogP contribution in [0.4, 0.5) is 5.82 Å². The van der Waals surface area contributed by atoms with Crippen molar-refractivity contribution in [3.8, 4) is 23.9 Å². The van der Waals surface area contributed by atoms with Gasteiger partial charge in [-0.2, -0.15) is 15.2 Å². The van der Waals surface area contributed by atoms with Gasteiger partial charge in [-0.3, -0.25) is 10.2 Å². The molecule has 0 spiro atoms. The monoisotopic (exact) mass is 589 g/mol. The molecule has 1 fully saturated rings. The van der Waals surface area contributed by atoms with E-state index in [-0.39, 0.29) is 29.4 Å². The number of nitrogens with zero attached hydrogens (tertiary/aromatic N) is 4. The lowest BCUT2D eigenvalue weighted by atomic mass is 9.68. The number of nitrogens with one attached hydrogen (secondary N) is 4. The van der Waals surface area contributed by atoms with Crippen LogP contribution >= 0.6 is 0 Å². The predicted octanol–water partition coefficient (Wildman–Crippen LogP) is 3.00. The molecule has 1 aliphatic heterocycles. The number of rotatable bonds is 11. The minimum Gasteiger partial charge on any atom is -0.447 e. The van der Waals surface area contributed by atoms with Crippen molar-refractivity contribution in [1.82, 2.24) is 25.9 Å². The van der Waals surface area contributed by atoms with Crippen LogP contribution in [0.2, 0.25) is 0 Å². The summed E-state index contributed by atoms with van der Waals surface area (Å²) in [6.45, 7) is 13.3. The molecule has 43 heavy (non-hydrogen) atoms. The zero-order chi connectivity index (χ0) is 31.6. The summed E-state index contributed by atoms with van der Waals surface area (Å²) in [6.07, 6.45) is 3.57. The molecule has 0 aromatic carbocycles. The van der Waals surface area contributed by atoms with E-state index in [1.807, 2.05) is 20.9 Å². The summed E-state index contributed by atoms with van der Waals surface area (Å²) in [5.74, 6) is 6.33. The quantitative estimate of drug-likeness (QED) is 0.0858. The third-order valence-electron chi connectivity index (χ3n) is 8.21. The maximum absolute atomic E-state index is 13.9. The fraction of sp³-hybridized carbons (Fsp3) is 0.594. The van der Waals surface area contributed by atoms with Crippen molar-refractivity contribution in [2.24, 2.45) is 17.1 Å². The van der Waals surface area contributed by atoms with Gasteiger partial charge in [0.15, 0.2) is 11.9 Å². The Kier molecular flexibility index (Phi) is 12.1. The largest absolute Gasteiger partial charge is 0.447 e. The molecule has 0 bridgehead atoms. The van der Waals surface area contributed by atoms with E-state index >= 15 is 0 Å². The van der Waals surface area contributed by atoms with E-state index < -0.39 is 11.5 Å².